The minimum absolute atomic E-state index is 0.0749. The largest absolute Gasteiger partial charge is 0.481 e. The molecule has 0 saturated heterocycles. The van der Waals surface area contributed by atoms with Gasteiger partial charge in [0, 0.05) is 28.9 Å². The van der Waals surface area contributed by atoms with Gasteiger partial charge in [-0.15, -0.1) is 0 Å². The van der Waals surface area contributed by atoms with Crippen molar-refractivity contribution in [3.63, 3.8) is 0 Å². The van der Waals surface area contributed by atoms with Gasteiger partial charge in [-0.1, -0.05) is 42.5 Å². The standard InChI is InChI=1S/C25H24FNO4/c26-17-9-7-15(8-10-17)24-20-3-1-2-4-22(20)27-25(16-5-6-16)21(24)12-11-18(28)13-19(29)14-23(30)31/h1-4,7-12,16,18-19,28-29H,5-6,13-14H2,(H,30,31)/b12-11+/t18-,19-/m0/s1. The Labute approximate surface area is 179 Å². The zero-order chi connectivity index (χ0) is 22.0. The van der Waals surface area contributed by atoms with Gasteiger partial charge >= 0.3 is 5.97 Å². The molecule has 2 atom stereocenters. The first-order valence-electron chi connectivity index (χ1n) is 10.4. The fourth-order valence-electron chi connectivity index (χ4n) is 3.86. The van der Waals surface area contributed by atoms with Gasteiger partial charge in [0.05, 0.1) is 29.8 Å². The number of fused-ring (bicyclic) bond motifs is 1. The number of hydrogen-bond acceptors (Lipinski definition) is 4. The van der Waals surface area contributed by atoms with Crippen molar-refractivity contribution < 1.29 is 24.5 Å². The Balaban J connectivity index is 1.79. The fourth-order valence-corrected chi connectivity index (χ4v) is 3.86. The third-order valence-electron chi connectivity index (χ3n) is 5.47. The van der Waals surface area contributed by atoms with Crippen LogP contribution in [0.2, 0.25) is 0 Å². The van der Waals surface area contributed by atoms with Crippen molar-refractivity contribution in [2.45, 2.75) is 43.8 Å². The molecular weight excluding hydrogens is 397 g/mol. The molecule has 1 heterocycles. The first-order chi connectivity index (χ1) is 14.9. The van der Waals surface area contributed by atoms with E-state index >= 15 is 0 Å². The molecule has 3 aromatic rings. The number of aliphatic carboxylic acids is 1. The van der Waals surface area contributed by atoms with Crippen LogP contribution in [0.1, 0.15) is 42.9 Å². The van der Waals surface area contributed by atoms with E-state index in [9.17, 15) is 19.4 Å². The molecule has 1 saturated carbocycles. The van der Waals surface area contributed by atoms with Crippen molar-refractivity contribution in [3.8, 4) is 11.1 Å². The summed E-state index contributed by atoms with van der Waals surface area (Å²) >= 11 is 0. The summed E-state index contributed by atoms with van der Waals surface area (Å²) in [6.45, 7) is 0. The zero-order valence-electron chi connectivity index (χ0n) is 16.9. The Hall–Kier alpha value is -3.09. The van der Waals surface area contributed by atoms with Crippen LogP contribution in [0, 0.1) is 5.82 Å². The number of hydrogen-bond donors (Lipinski definition) is 3. The number of halogens is 1. The minimum atomic E-state index is -1.13. The number of rotatable bonds is 8. The van der Waals surface area contributed by atoms with Crippen molar-refractivity contribution in [3.05, 3.63) is 71.7 Å². The molecule has 0 unspecified atom stereocenters. The summed E-state index contributed by atoms with van der Waals surface area (Å²) in [5.41, 5.74) is 4.43. The minimum Gasteiger partial charge on any atom is -0.481 e. The lowest BCUT2D eigenvalue weighted by Gasteiger charge is -2.16. The van der Waals surface area contributed by atoms with E-state index in [4.69, 9.17) is 10.1 Å². The van der Waals surface area contributed by atoms with E-state index in [0.29, 0.717) is 5.92 Å². The average molecular weight is 421 g/mol. The molecule has 160 valence electrons. The molecule has 0 amide bonds. The molecule has 1 fully saturated rings. The van der Waals surface area contributed by atoms with Gasteiger partial charge in [-0.05, 0) is 36.6 Å². The van der Waals surface area contributed by atoms with Gasteiger partial charge in [-0.2, -0.15) is 0 Å². The van der Waals surface area contributed by atoms with E-state index in [-0.39, 0.29) is 12.2 Å². The highest BCUT2D eigenvalue weighted by atomic mass is 19.1. The number of carbonyl (C=O) groups is 1. The SMILES string of the molecule is O=C(O)C[C@@H](O)C[C@@H](O)/C=C/c1c(C2CC2)nc2ccccc2c1-c1ccc(F)cc1. The summed E-state index contributed by atoms with van der Waals surface area (Å²) in [6, 6.07) is 14.1. The van der Waals surface area contributed by atoms with Crippen molar-refractivity contribution in [1.29, 1.82) is 0 Å². The molecule has 0 radical (unpaired) electrons. The molecule has 5 nitrogen and oxygen atoms in total. The smallest absolute Gasteiger partial charge is 0.305 e. The van der Waals surface area contributed by atoms with E-state index in [1.807, 2.05) is 24.3 Å². The first kappa shape index (κ1) is 21.2. The normalized spacial score (nSPS) is 16.0. The van der Waals surface area contributed by atoms with Gasteiger partial charge < -0.3 is 15.3 Å². The monoisotopic (exact) mass is 421 g/mol. The summed E-state index contributed by atoms with van der Waals surface area (Å²) in [5, 5.41) is 29.9. The van der Waals surface area contributed by atoms with Gasteiger partial charge in [0.15, 0.2) is 0 Å². The molecule has 4 rings (SSSR count). The highest BCUT2D eigenvalue weighted by molar-refractivity contribution is 5.99. The first-order valence-corrected chi connectivity index (χ1v) is 10.4. The molecule has 1 aromatic heterocycles. The maximum atomic E-state index is 13.6. The molecule has 0 aliphatic heterocycles. The van der Waals surface area contributed by atoms with Gasteiger partial charge in [0.25, 0.3) is 0 Å². The van der Waals surface area contributed by atoms with Crippen molar-refractivity contribution in [1.82, 2.24) is 4.98 Å². The third kappa shape index (κ3) is 4.98. The fraction of sp³-hybridized carbons (Fsp3) is 0.280. The van der Waals surface area contributed by atoms with E-state index in [2.05, 4.69) is 0 Å². The number of carboxylic acids is 1. The van der Waals surface area contributed by atoms with Crippen LogP contribution in [0.4, 0.5) is 4.39 Å². The molecule has 6 heteroatoms. The number of aromatic nitrogens is 1. The number of aliphatic hydroxyl groups excluding tert-OH is 2. The molecule has 2 aromatic carbocycles. The highest BCUT2D eigenvalue weighted by Crippen LogP contribution is 2.45. The van der Waals surface area contributed by atoms with Crippen LogP contribution in [-0.4, -0.2) is 38.5 Å². The van der Waals surface area contributed by atoms with Gasteiger partial charge in [-0.25, -0.2) is 4.39 Å². The Morgan fingerprint density at radius 1 is 1.13 bits per heavy atom. The summed E-state index contributed by atoms with van der Waals surface area (Å²) < 4.78 is 13.6. The number of nitrogens with zero attached hydrogens (tertiary/aromatic N) is 1. The highest BCUT2D eigenvalue weighted by Gasteiger charge is 2.29. The van der Waals surface area contributed by atoms with E-state index in [1.165, 1.54) is 12.1 Å². The maximum Gasteiger partial charge on any atom is 0.305 e. The topological polar surface area (TPSA) is 90.7 Å². The second-order valence-corrected chi connectivity index (χ2v) is 8.00. The molecular formula is C25H24FNO4. The van der Waals surface area contributed by atoms with Crippen LogP contribution >= 0.6 is 0 Å². The summed E-state index contributed by atoms with van der Waals surface area (Å²) in [4.78, 5) is 15.6. The Bertz CT molecular complexity index is 1120. The molecule has 0 spiro atoms. The van der Waals surface area contributed by atoms with E-state index in [1.54, 1.807) is 24.3 Å². The van der Waals surface area contributed by atoms with Crippen LogP contribution in [0.25, 0.3) is 28.1 Å². The van der Waals surface area contributed by atoms with Gasteiger partial charge in [0.2, 0.25) is 0 Å². The summed E-state index contributed by atoms with van der Waals surface area (Å²) in [6.07, 6.45) is 2.80. The summed E-state index contributed by atoms with van der Waals surface area (Å²) in [7, 11) is 0. The molecule has 1 aliphatic rings. The van der Waals surface area contributed by atoms with Crippen LogP contribution in [-0.2, 0) is 4.79 Å². The molecule has 0 bridgehead atoms. The van der Waals surface area contributed by atoms with Gasteiger partial charge in [-0.3, -0.25) is 9.78 Å². The van der Waals surface area contributed by atoms with Crippen molar-refractivity contribution in [2.24, 2.45) is 0 Å². The molecule has 3 N–H and O–H groups in total. The number of para-hydroxylation sites is 1. The average Bonchev–Trinajstić information content (AvgIpc) is 3.56. The van der Waals surface area contributed by atoms with E-state index in [0.717, 1.165) is 46.1 Å². The van der Waals surface area contributed by atoms with Crippen molar-refractivity contribution in [2.75, 3.05) is 0 Å². The quantitative estimate of drug-likeness (QED) is 0.498. The maximum absolute atomic E-state index is 13.6. The van der Waals surface area contributed by atoms with Crippen LogP contribution < -0.4 is 0 Å². The third-order valence-corrected chi connectivity index (χ3v) is 5.47. The number of benzene rings is 2. The Kier molecular flexibility index (Phi) is 6.11. The van der Waals surface area contributed by atoms with Crippen LogP contribution in [0.3, 0.4) is 0 Å². The van der Waals surface area contributed by atoms with Crippen LogP contribution in [0.15, 0.2) is 54.6 Å². The lowest BCUT2D eigenvalue weighted by molar-refractivity contribution is -0.139. The molecule has 31 heavy (non-hydrogen) atoms. The van der Waals surface area contributed by atoms with Crippen molar-refractivity contribution >= 4 is 22.9 Å². The second kappa shape index (κ2) is 8.96. The predicted molar refractivity (Wildman–Crippen MR) is 117 cm³/mol. The van der Waals surface area contributed by atoms with Crippen LogP contribution in [0.5, 0.6) is 0 Å². The zero-order valence-corrected chi connectivity index (χ0v) is 16.9. The molecule has 1 aliphatic carbocycles. The van der Waals surface area contributed by atoms with Gasteiger partial charge in [0.1, 0.15) is 5.82 Å². The Morgan fingerprint density at radius 3 is 2.52 bits per heavy atom. The lowest BCUT2D eigenvalue weighted by Crippen LogP contribution is -2.19. The number of aliphatic hydroxyl groups is 2. The number of carboxylic acid groups (broad SMARTS) is 1. The Morgan fingerprint density at radius 2 is 1.84 bits per heavy atom. The van der Waals surface area contributed by atoms with E-state index < -0.39 is 24.6 Å². The second-order valence-electron chi connectivity index (χ2n) is 8.00. The number of pyridine rings is 1. The lowest BCUT2D eigenvalue weighted by atomic mass is 9.92. The summed E-state index contributed by atoms with van der Waals surface area (Å²) in [5.74, 6) is -1.10. The predicted octanol–water partition coefficient (Wildman–Crippen LogP) is 4.52.